The van der Waals surface area contributed by atoms with Crippen LogP contribution in [-0.2, 0) is 13.6 Å². The minimum absolute atomic E-state index is 0.592. The van der Waals surface area contributed by atoms with Gasteiger partial charge in [-0.15, -0.1) is 0 Å². The van der Waals surface area contributed by atoms with E-state index in [0.717, 1.165) is 12.4 Å². The van der Waals surface area contributed by atoms with Crippen molar-refractivity contribution >= 4 is 0 Å². The van der Waals surface area contributed by atoms with Crippen molar-refractivity contribution in [3.8, 4) is 0 Å². The van der Waals surface area contributed by atoms with Gasteiger partial charge < -0.3 is 0 Å². The molecule has 1 fully saturated rings. The van der Waals surface area contributed by atoms with Gasteiger partial charge >= 0.3 is 0 Å². The average Bonchev–Trinajstić information content (AvgIpc) is 2.67. The Labute approximate surface area is 110 Å². The highest BCUT2D eigenvalue weighted by Gasteiger charge is 2.29. The molecule has 4 heteroatoms. The summed E-state index contributed by atoms with van der Waals surface area (Å²) < 4.78 is 1.89. The third kappa shape index (κ3) is 2.91. The van der Waals surface area contributed by atoms with Crippen molar-refractivity contribution in [1.29, 1.82) is 0 Å². The lowest BCUT2D eigenvalue weighted by Crippen LogP contribution is -2.27. The fourth-order valence-electron chi connectivity index (χ4n) is 3.09. The zero-order valence-corrected chi connectivity index (χ0v) is 12.0. The standard InChI is InChI=1S/C14H26N4/c1-4-14(5-2)7-6-9-18(10-8-14)11-13-15-12-16-17(13)3/h12H,4-11H2,1-3H3. The summed E-state index contributed by atoms with van der Waals surface area (Å²) in [5.74, 6) is 1.08. The van der Waals surface area contributed by atoms with Crippen molar-refractivity contribution in [2.45, 2.75) is 52.5 Å². The largest absolute Gasteiger partial charge is 0.296 e. The predicted octanol–water partition coefficient (Wildman–Crippen LogP) is 2.61. The Morgan fingerprint density at radius 3 is 2.61 bits per heavy atom. The number of likely N-dealkylation sites (tertiary alicyclic amines) is 1. The maximum atomic E-state index is 4.33. The molecule has 2 rings (SSSR count). The molecule has 1 aromatic rings. The van der Waals surface area contributed by atoms with Gasteiger partial charge in [0.05, 0.1) is 6.54 Å². The van der Waals surface area contributed by atoms with Gasteiger partial charge in [-0.05, 0) is 37.8 Å². The van der Waals surface area contributed by atoms with Gasteiger partial charge in [0, 0.05) is 7.05 Å². The quantitative estimate of drug-likeness (QED) is 0.823. The number of aryl methyl sites for hydroxylation is 1. The van der Waals surface area contributed by atoms with Crippen molar-refractivity contribution in [2.75, 3.05) is 13.1 Å². The van der Waals surface area contributed by atoms with Crippen LogP contribution in [0.4, 0.5) is 0 Å². The van der Waals surface area contributed by atoms with E-state index < -0.39 is 0 Å². The first kappa shape index (κ1) is 13.5. The Balaban J connectivity index is 1.95. The Kier molecular flexibility index (Phi) is 4.38. The molecule has 18 heavy (non-hydrogen) atoms. The zero-order chi connectivity index (χ0) is 13.0. The maximum absolute atomic E-state index is 4.33. The summed E-state index contributed by atoms with van der Waals surface area (Å²) in [4.78, 5) is 6.87. The topological polar surface area (TPSA) is 34.0 Å². The molecular weight excluding hydrogens is 224 g/mol. The van der Waals surface area contributed by atoms with Crippen LogP contribution in [0.25, 0.3) is 0 Å². The fourth-order valence-corrected chi connectivity index (χ4v) is 3.09. The molecule has 0 saturated carbocycles. The number of nitrogens with zero attached hydrogens (tertiary/aromatic N) is 4. The van der Waals surface area contributed by atoms with Crippen molar-refractivity contribution in [1.82, 2.24) is 19.7 Å². The van der Waals surface area contributed by atoms with Gasteiger partial charge in [-0.3, -0.25) is 9.58 Å². The van der Waals surface area contributed by atoms with E-state index in [2.05, 4.69) is 28.8 Å². The number of aromatic nitrogens is 3. The Morgan fingerprint density at radius 1 is 1.22 bits per heavy atom. The lowest BCUT2D eigenvalue weighted by Gasteiger charge is -2.30. The molecule has 102 valence electrons. The zero-order valence-electron chi connectivity index (χ0n) is 12.0. The second kappa shape index (κ2) is 5.83. The molecule has 1 saturated heterocycles. The lowest BCUT2D eigenvalue weighted by atomic mass is 9.76. The van der Waals surface area contributed by atoms with Gasteiger partial charge in [0.2, 0.25) is 0 Å². The van der Waals surface area contributed by atoms with Crippen LogP contribution in [0, 0.1) is 5.41 Å². The number of hydrogen-bond donors (Lipinski definition) is 0. The Bertz CT molecular complexity index is 368. The Hall–Kier alpha value is -0.900. The molecular formula is C14H26N4. The average molecular weight is 250 g/mol. The fraction of sp³-hybridized carbons (Fsp3) is 0.857. The molecule has 0 atom stereocenters. The second-order valence-electron chi connectivity index (χ2n) is 5.64. The van der Waals surface area contributed by atoms with Gasteiger partial charge in [0.1, 0.15) is 12.2 Å². The van der Waals surface area contributed by atoms with Crippen LogP contribution < -0.4 is 0 Å². The van der Waals surface area contributed by atoms with Gasteiger partial charge in [0.15, 0.2) is 0 Å². The summed E-state index contributed by atoms with van der Waals surface area (Å²) >= 11 is 0. The highest BCUT2D eigenvalue weighted by Crippen LogP contribution is 2.37. The van der Waals surface area contributed by atoms with E-state index in [1.54, 1.807) is 6.33 Å². The van der Waals surface area contributed by atoms with Crippen molar-refractivity contribution in [3.05, 3.63) is 12.2 Å². The minimum atomic E-state index is 0.592. The molecule has 0 aromatic carbocycles. The van der Waals surface area contributed by atoms with Crippen LogP contribution in [0.2, 0.25) is 0 Å². The molecule has 0 aliphatic carbocycles. The van der Waals surface area contributed by atoms with E-state index in [1.807, 2.05) is 11.7 Å². The van der Waals surface area contributed by atoms with E-state index in [4.69, 9.17) is 0 Å². The van der Waals surface area contributed by atoms with Gasteiger partial charge in [0.25, 0.3) is 0 Å². The SMILES string of the molecule is CCC1(CC)CCCN(Cc2ncnn2C)CC1. The van der Waals surface area contributed by atoms with Crippen LogP contribution in [0.5, 0.6) is 0 Å². The first-order chi connectivity index (χ1) is 8.69. The molecule has 2 heterocycles. The van der Waals surface area contributed by atoms with Gasteiger partial charge in [-0.25, -0.2) is 4.98 Å². The van der Waals surface area contributed by atoms with Crippen molar-refractivity contribution < 1.29 is 0 Å². The van der Waals surface area contributed by atoms with E-state index in [0.29, 0.717) is 5.41 Å². The third-order valence-corrected chi connectivity index (χ3v) is 4.81. The van der Waals surface area contributed by atoms with Crippen LogP contribution in [0.1, 0.15) is 51.8 Å². The third-order valence-electron chi connectivity index (χ3n) is 4.81. The summed E-state index contributed by atoms with van der Waals surface area (Å²) in [5.41, 5.74) is 0.592. The van der Waals surface area contributed by atoms with Crippen LogP contribution in [0.15, 0.2) is 6.33 Å². The molecule has 4 nitrogen and oxygen atoms in total. The number of rotatable bonds is 4. The van der Waals surface area contributed by atoms with E-state index >= 15 is 0 Å². The predicted molar refractivity (Wildman–Crippen MR) is 73.1 cm³/mol. The summed E-state index contributed by atoms with van der Waals surface area (Å²) in [6.45, 7) is 8.05. The molecule has 0 radical (unpaired) electrons. The first-order valence-electron chi connectivity index (χ1n) is 7.24. The highest BCUT2D eigenvalue weighted by molar-refractivity contribution is 4.87. The first-order valence-corrected chi connectivity index (χ1v) is 7.24. The summed E-state index contributed by atoms with van der Waals surface area (Å²) in [7, 11) is 1.97. The highest BCUT2D eigenvalue weighted by atomic mass is 15.3. The molecule has 0 spiro atoms. The van der Waals surface area contributed by atoms with Gasteiger partial charge in [-0.2, -0.15) is 5.10 Å². The monoisotopic (exact) mass is 250 g/mol. The molecule has 1 aliphatic rings. The summed E-state index contributed by atoms with van der Waals surface area (Å²) in [6, 6.07) is 0. The molecule has 0 amide bonds. The summed E-state index contributed by atoms with van der Waals surface area (Å²) in [6.07, 6.45) is 8.32. The molecule has 0 N–H and O–H groups in total. The molecule has 0 bridgehead atoms. The smallest absolute Gasteiger partial charge is 0.140 e. The minimum Gasteiger partial charge on any atom is -0.296 e. The van der Waals surface area contributed by atoms with Crippen molar-refractivity contribution in [3.63, 3.8) is 0 Å². The van der Waals surface area contributed by atoms with Crippen molar-refractivity contribution in [2.24, 2.45) is 12.5 Å². The molecule has 1 aliphatic heterocycles. The van der Waals surface area contributed by atoms with E-state index in [-0.39, 0.29) is 0 Å². The lowest BCUT2D eigenvalue weighted by molar-refractivity contribution is 0.207. The second-order valence-corrected chi connectivity index (χ2v) is 5.64. The normalized spacial score (nSPS) is 20.8. The number of hydrogen-bond acceptors (Lipinski definition) is 3. The maximum Gasteiger partial charge on any atom is 0.140 e. The van der Waals surface area contributed by atoms with E-state index in [1.165, 1.54) is 45.2 Å². The van der Waals surface area contributed by atoms with Crippen LogP contribution in [0.3, 0.4) is 0 Å². The molecule has 0 unspecified atom stereocenters. The van der Waals surface area contributed by atoms with Gasteiger partial charge in [-0.1, -0.05) is 26.7 Å². The molecule has 1 aromatic heterocycles. The van der Waals surface area contributed by atoms with E-state index in [9.17, 15) is 0 Å². The van der Waals surface area contributed by atoms with Crippen LogP contribution >= 0.6 is 0 Å². The summed E-state index contributed by atoms with van der Waals surface area (Å²) in [5, 5.41) is 4.15. The van der Waals surface area contributed by atoms with Crippen LogP contribution in [-0.4, -0.2) is 32.8 Å². The Morgan fingerprint density at radius 2 is 2.00 bits per heavy atom.